The number of hydrogen-bond acceptors (Lipinski definition) is 5. The highest BCUT2D eigenvalue weighted by molar-refractivity contribution is 7.21. The molecule has 5 nitrogen and oxygen atoms in total. The number of thiophene rings is 1. The van der Waals surface area contributed by atoms with Crippen molar-refractivity contribution in [2.45, 2.75) is 12.2 Å². The van der Waals surface area contributed by atoms with Gasteiger partial charge in [-0.2, -0.15) is 0 Å². The number of rotatable bonds is 3. The molecule has 0 radical (unpaired) electrons. The zero-order chi connectivity index (χ0) is 15.0. The molecule has 1 fully saturated rings. The SMILES string of the molecule is CO[C@@H]1CN(C(=O)c2cc3nccc(Cl)c3s2)C[C@H]1OC. The predicted octanol–water partition coefficient (Wildman–Crippen LogP) is 2.44. The van der Waals surface area contributed by atoms with Crippen LogP contribution in [0.4, 0.5) is 0 Å². The molecule has 1 amide bonds. The summed E-state index contributed by atoms with van der Waals surface area (Å²) in [6.07, 6.45) is 1.47. The van der Waals surface area contributed by atoms with Crippen LogP contribution in [-0.2, 0) is 9.47 Å². The highest BCUT2D eigenvalue weighted by atomic mass is 35.5. The van der Waals surface area contributed by atoms with E-state index in [-0.39, 0.29) is 18.1 Å². The number of halogens is 1. The van der Waals surface area contributed by atoms with Crippen molar-refractivity contribution in [2.24, 2.45) is 0 Å². The minimum absolute atomic E-state index is 0.0318. The Hall–Kier alpha value is -1.21. The van der Waals surface area contributed by atoms with Gasteiger partial charge in [-0.3, -0.25) is 9.78 Å². The molecule has 2 aromatic heterocycles. The number of nitrogens with zero attached hydrogens (tertiary/aromatic N) is 2. The second kappa shape index (κ2) is 5.88. The van der Waals surface area contributed by atoms with Gasteiger partial charge in [-0.15, -0.1) is 11.3 Å². The van der Waals surface area contributed by atoms with Crippen molar-refractivity contribution in [3.8, 4) is 0 Å². The summed E-state index contributed by atoms with van der Waals surface area (Å²) in [4.78, 5) is 19.2. The maximum atomic E-state index is 12.6. The molecule has 2 atom stereocenters. The molecule has 7 heteroatoms. The summed E-state index contributed by atoms with van der Waals surface area (Å²) in [5, 5.41) is 0.620. The molecule has 3 rings (SSSR count). The average Bonchev–Trinajstić information content (AvgIpc) is 3.10. The lowest BCUT2D eigenvalue weighted by molar-refractivity contribution is -0.00461. The Balaban J connectivity index is 1.86. The van der Waals surface area contributed by atoms with Crippen molar-refractivity contribution in [3.63, 3.8) is 0 Å². The highest BCUT2D eigenvalue weighted by Crippen LogP contribution is 2.31. The standard InChI is InChI=1S/C14H15ClN2O3S/c1-19-10-6-17(7-11(10)20-2)14(18)12-5-9-13(21-12)8(15)3-4-16-9/h3-5,10-11H,6-7H2,1-2H3/t10-,11-/m1/s1. The summed E-state index contributed by atoms with van der Waals surface area (Å²) in [5.41, 5.74) is 0.752. The van der Waals surface area contributed by atoms with Gasteiger partial charge in [0.15, 0.2) is 0 Å². The van der Waals surface area contributed by atoms with Crippen molar-refractivity contribution in [1.29, 1.82) is 0 Å². The molecule has 1 aliphatic heterocycles. The summed E-state index contributed by atoms with van der Waals surface area (Å²) < 4.78 is 11.6. The van der Waals surface area contributed by atoms with Crippen LogP contribution in [0, 0.1) is 0 Å². The van der Waals surface area contributed by atoms with Gasteiger partial charge >= 0.3 is 0 Å². The Morgan fingerprint density at radius 1 is 1.38 bits per heavy atom. The van der Waals surface area contributed by atoms with Crippen LogP contribution in [0.3, 0.4) is 0 Å². The van der Waals surface area contributed by atoms with E-state index in [2.05, 4.69) is 4.98 Å². The van der Waals surface area contributed by atoms with Crippen LogP contribution in [0.25, 0.3) is 10.2 Å². The van der Waals surface area contributed by atoms with Crippen LogP contribution in [0.1, 0.15) is 9.67 Å². The maximum absolute atomic E-state index is 12.6. The highest BCUT2D eigenvalue weighted by Gasteiger charge is 2.36. The number of methoxy groups -OCH3 is 2. The Bertz CT molecular complexity index is 663. The first-order valence-corrected chi connectivity index (χ1v) is 7.72. The molecule has 0 aromatic carbocycles. The van der Waals surface area contributed by atoms with Crippen molar-refractivity contribution < 1.29 is 14.3 Å². The third-order valence-electron chi connectivity index (χ3n) is 3.68. The van der Waals surface area contributed by atoms with Gasteiger partial charge in [0, 0.05) is 33.5 Å². The van der Waals surface area contributed by atoms with Crippen LogP contribution in [0.2, 0.25) is 5.02 Å². The van der Waals surface area contributed by atoms with Gasteiger partial charge in [-0.1, -0.05) is 11.6 Å². The fourth-order valence-corrected chi connectivity index (χ4v) is 3.79. The molecule has 1 saturated heterocycles. The molecule has 0 saturated carbocycles. The van der Waals surface area contributed by atoms with E-state index in [4.69, 9.17) is 21.1 Å². The van der Waals surface area contributed by atoms with Crippen LogP contribution < -0.4 is 0 Å². The zero-order valence-corrected chi connectivity index (χ0v) is 13.3. The van der Waals surface area contributed by atoms with E-state index in [1.807, 2.05) is 0 Å². The fourth-order valence-electron chi connectivity index (χ4n) is 2.53. The summed E-state index contributed by atoms with van der Waals surface area (Å²) in [7, 11) is 3.27. The zero-order valence-electron chi connectivity index (χ0n) is 11.7. The second-order valence-electron chi connectivity index (χ2n) is 4.88. The number of carbonyl (C=O) groups is 1. The number of carbonyl (C=O) groups excluding carboxylic acids is 1. The first kappa shape index (κ1) is 14.7. The molecular weight excluding hydrogens is 312 g/mol. The van der Waals surface area contributed by atoms with Gasteiger partial charge in [0.2, 0.25) is 0 Å². The number of ether oxygens (including phenoxy) is 2. The van der Waals surface area contributed by atoms with Gasteiger partial charge < -0.3 is 14.4 Å². The Morgan fingerprint density at radius 3 is 2.62 bits per heavy atom. The minimum atomic E-state index is -0.0879. The predicted molar refractivity (Wildman–Crippen MR) is 82.1 cm³/mol. The number of fused-ring (bicyclic) bond motifs is 1. The number of likely N-dealkylation sites (tertiary alicyclic amines) is 1. The van der Waals surface area contributed by atoms with Gasteiger partial charge in [0.1, 0.15) is 12.2 Å². The average molecular weight is 327 g/mol. The Labute approximate surface area is 131 Å². The summed E-state index contributed by atoms with van der Waals surface area (Å²) >= 11 is 7.50. The van der Waals surface area contributed by atoms with Crippen molar-refractivity contribution in [3.05, 3.63) is 28.2 Å². The Morgan fingerprint density at radius 2 is 2.05 bits per heavy atom. The van der Waals surface area contributed by atoms with E-state index in [9.17, 15) is 4.79 Å². The van der Waals surface area contributed by atoms with Crippen molar-refractivity contribution in [2.75, 3.05) is 27.3 Å². The first-order chi connectivity index (χ1) is 10.1. The van der Waals surface area contributed by atoms with E-state index in [1.54, 1.807) is 37.4 Å². The van der Waals surface area contributed by atoms with E-state index >= 15 is 0 Å². The second-order valence-corrected chi connectivity index (χ2v) is 6.34. The topological polar surface area (TPSA) is 51.7 Å². The number of aromatic nitrogens is 1. The van der Waals surface area contributed by atoms with E-state index in [0.717, 1.165) is 10.2 Å². The van der Waals surface area contributed by atoms with Gasteiger partial charge in [-0.25, -0.2) is 0 Å². The lowest BCUT2D eigenvalue weighted by Gasteiger charge is -2.14. The maximum Gasteiger partial charge on any atom is 0.264 e. The molecule has 0 unspecified atom stereocenters. The monoisotopic (exact) mass is 326 g/mol. The largest absolute Gasteiger partial charge is 0.377 e. The molecule has 21 heavy (non-hydrogen) atoms. The molecule has 2 aromatic rings. The van der Waals surface area contributed by atoms with Crippen LogP contribution in [-0.4, -0.2) is 55.3 Å². The molecule has 1 aliphatic rings. The van der Waals surface area contributed by atoms with Crippen LogP contribution in [0.15, 0.2) is 18.3 Å². The van der Waals surface area contributed by atoms with Gasteiger partial charge in [-0.05, 0) is 12.1 Å². The number of hydrogen-bond donors (Lipinski definition) is 0. The molecule has 0 N–H and O–H groups in total. The summed E-state index contributed by atoms with van der Waals surface area (Å²) in [6, 6.07) is 3.52. The third-order valence-corrected chi connectivity index (χ3v) is 5.26. The Kier molecular flexibility index (Phi) is 4.12. The smallest absolute Gasteiger partial charge is 0.264 e. The number of pyridine rings is 1. The molecule has 0 spiro atoms. The van der Waals surface area contributed by atoms with Crippen molar-refractivity contribution in [1.82, 2.24) is 9.88 Å². The summed E-state index contributed by atoms with van der Waals surface area (Å²) in [6.45, 7) is 1.06. The van der Waals surface area contributed by atoms with Gasteiger partial charge in [0.25, 0.3) is 5.91 Å². The number of amides is 1. The quantitative estimate of drug-likeness (QED) is 0.869. The molecule has 112 valence electrons. The van der Waals surface area contributed by atoms with E-state index < -0.39 is 0 Å². The van der Waals surface area contributed by atoms with E-state index in [0.29, 0.717) is 23.0 Å². The third kappa shape index (κ3) is 2.64. The fraction of sp³-hybridized carbons (Fsp3) is 0.429. The molecule has 0 aliphatic carbocycles. The normalized spacial score (nSPS) is 22.1. The van der Waals surface area contributed by atoms with E-state index in [1.165, 1.54) is 11.3 Å². The van der Waals surface area contributed by atoms with Crippen LogP contribution >= 0.6 is 22.9 Å². The molecular formula is C14H15ClN2O3S. The lowest BCUT2D eigenvalue weighted by Crippen LogP contribution is -2.29. The van der Waals surface area contributed by atoms with Gasteiger partial charge in [0.05, 0.1) is 20.1 Å². The molecule has 3 heterocycles. The minimum Gasteiger partial charge on any atom is -0.377 e. The lowest BCUT2D eigenvalue weighted by atomic mass is 10.3. The first-order valence-electron chi connectivity index (χ1n) is 6.53. The summed E-state index contributed by atoms with van der Waals surface area (Å²) in [5.74, 6) is -0.0318. The van der Waals surface area contributed by atoms with Crippen LogP contribution in [0.5, 0.6) is 0 Å². The van der Waals surface area contributed by atoms with Crippen molar-refractivity contribution >= 4 is 39.1 Å². The molecule has 0 bridgehead atoms.